The molecule has 0 amide bonds. The molecule has 1 aliphatic heterocycles. The van der Waals surface area contributed by atoms with E-state index in [0.717, 1.165) is 5.82 Å². The highest BCUT2D eigenvalue weighted by molar-refractivity contribution is 5.60. The van der Waals surface area contributed by atoms with Crippen LogP contribution < -0.4 is 4.90 Å². The smallest absolute Gasteiger partial charge is 0.259 e. The molecule has 3 aromatic rings. The first-order valence-electron chi connectivity index (χ1n) is 8.66. The quantitative estimate of drug-likeness (QED) is 0.684. The van der Waals surface area contributed by atoms with Gasteiger partial charge in [0.25, 0.3) is 5.89 Å². The number of nitrogens with zero attached hydrogens (tertiary/aromatic N) is 4. The molecule has 0 spiro atoms. The average Bonchev–Trinajstić information content (AvgIpc) is 3.19. The van der Waals surface area contributed by atoms with E-state index in [1.54, 1.807) is 24.4 Å². The number of anilines is 1. The topological polar surface area (TPSA) is 73.5 Å². The van der Waals surface area contributed by atoms with Crippen molar-refractivity contribution >= 4 is 5.82 Å². The van der Waals surface area contributed by atoms with Crippen molar-refractivity contribution in [2.24, 2.45) is 0 Å². The zero-order valence-corrected chi connectivity index (χ0v) is 14.8. The summed E-state index contributed by atoms with van der Waals surface area (Å²) in [6, 6.07) is 10.0. The van der Waals surface area contributed by atoms with Crippen LogP contribution in [0.25, 0.3) is 22.8 Å². The molecule has 0 saturated carbocycles. The van der Waals surface area contributed by atoms with Gasteiger partial charge in [-0.1, -0.05) is 17.3 Å². The minimum Gasteiger partial charge on any atom is -0.376 e. The van der Waals surface area contributed by atoms with E-state index in [1.165, 1.54) is 6.07 Å². The maximum Gasteiger partial charge on any atom is 0.259 e. The van der Waals surface area contributed by atoms with Crippen molar-refractivity contribution in [1.82, 2.24) is 15.1 Å². The summed E-state index contributed by atoms with van der Waals surface area (Å²) in [7, 11) is 1.95. The van der Waals surface area contributed by atoms with Gasteiger partial charge in [0.05, 0.1) is 37.1 Å². The highest BCUT2D eigenvalue weighted by Crippen LogP contribution is 2.24. The zero-order valence-electron chi connectivity index (χ0n) is 14.8. The van der Waals surface area contributed by atoms with Crippen molar-refractivity contribution in [3.63, 3.8) is 0 Å². The van der Waals surface area contributed by atoms with Crippen molar-refractivity contribution in [1.29, 1.82) is 0 Å². The lowest BCUT2D eigenvalue weighted by atomic mass is 10.2. The van der Waals surface area contributed by atoms with Crippen molar-refractivity contribution in [3.05, 3.63) is 48.4 Å². The number of benzene rings is 1. The molecule has 3 heterocycles. The van der Waals surface area contributed by atoms with E-state index in [0.29, 0.717) is 43.4 Å². The summed E-state index contributed by atoms with van der Waals surface area (Å²) in [5.74, 6) is 0.897. The van der Waals surface area contributed by atoms with Gasteiger partial charge in [0.15, 0.2) is 0 Å². The normalized spacial score (nSPS) is 17.0. The molecule has 1 atom stereocenters. The van der Waals surface area contributed by atoms with Crippen LogP contribution in [-0.4, -0.2) is 54.6 Å². The number of aromatic nitrogens is 3. The van der Waals surface area contributed by atoms with Gasteiger partial charge < -0.3 is 18.9 Å². The maximum absolute atomic E-state index is 13.9. The van der Waals surface area contributed by atoms with Gasteiger partial charge in [0.2, 0.25) is 5.82 Å². The fraction of sp³-hybridized carbons (Fsp3) is 0.316. The van der Waals surface area contributed by atoms with Gasteiger partial charge >= 0.3 is 0 Å². The summed E-state index contributed by atoms with van der Waals surface area (Å²) in [6.07, 6.45) is 1.69. The van der Waals surface area contributed by atoms with Crippen LogP contribution in [0.3, 0.4) is 0 Å². The predicted octanol–water partition coefficient (Wildman–Crippen LogP) is 2.79. The van der Waals surface area contributed by atoms with Gasteiger partial charge in [-0.2, -0.15) is 4.98 Å². The molecule has 1 saturated heterocycles. The monoisotopic (exact) mass is 370 g/mol. The second-order valence-corrected chi connectivity index (χ2v) is 6.26. The summed E-state index contributed by atoms with van der Waals surface area (Å²) in [5, 5.41) is 3.86. The fourth-order valence-electron chi connectivity index (χ4n) is 2.87. The molecular formula is C19H19FN4O3. The molecule has 2 aromatic heterocycles. The third kappa shape index (κ3) is 3.96. The Hall–Kier alpha value is -2.84. The highest BCUT2D eigenvalue weighted by Gasteiger charge is 2.18. The van der Waals surface area contributed by atoms with E-state index >= 15 is 0 Å². The Balaban J connectivity index is 1.47. The van der Waals surface area contributed by atoms with Crippen LogP contribution in [0.15, 0.2) is 47.1 Å². The third-order valence-corrected chi connectivity index (χ3v) is 4.29. The first-order chi connectivity index (χ1) is 13.2. The van der Waals surface area contributed by atoms with Crippen LogP contribution >= 0.6 is 0 Å². The van der Waals surface area contributed by atoms with Crippen molar-refractivity contribution in [2.45, 2.75) is 6.10 Å². The summed E-state index contributed by atoms with van der Waals surface area (Å²) in [6.45, 7) is 2.53. The summed E-state index contributed by atoms with van der Waals surface area (Å²) in [5.41, 5.74) is 0.964. The number of likely N-dealkylation sites (N-methyl/N-ethyl adjacent to an activating group) is 1. The Labute approximate surface area is 155 Å². The Bertz CT molecular complexity index is 894. The molecule has 1 aromatic carbocycles. The molecule has 1 fully saturated rings. The minimum absolute atomic E-state index is 0.0319. The van der Waals surface area contributed by atoms with E-state index in [2.05, 4.69) is 15.1 Å². The van der Waals surface area contributed by atoms with E-state index in [-0.39, 0.29) is 11.9 Å². The SMILES string of the molecule is CN(C[C@@H]1COCCO1)c1ccc(-c2nc(-c3ccccc3F)no2)cn1. The Morgan fingerprint density at radius 2 is 2.07 bits per heavy atom. The van der Waals surface area contributed by atoms with Crippen molar-refractivity contribution in [3.8, 4) is 22.8 Å². The number of halogens is 1. The molecule has 140 valence electrons. The lowest BCUT2D eigenvalue weighted by Crippen LogP contribution is -2.38. The van der Waals surface area contributed by atoms with Gasteiger partial charge in [0.1, 0.15) is 11.6 Å². The van der Waals surface area contributed by atoms with E-state index < -0.39 is 5.82 Å². The van der Waals surface area contributed by atoms with Gasteiger partial charge in [-0.15, -0.1) is 0 Å². The van der Waals surface area contributed by atoms with Crippen LogP contribution in [0, 0.1) is 5.82 Å². The summed E-state index contributed by atoms with van der Waals surface area (Å²) < 4.78 is 30.2. The van der Waals surface area contributed by atoms with Gasteiger partial charge in [-0.05, 0) is 24.3 Å². The number of hydrogen-bond donors (Lipinski definition) is 0. The van der Waals surface area contributed by atoms with Crippen LogP contribution in [0.4, 0.5) is 10.2 Å². The minimum atomic E-state index is -0.395. The second kappa shape index (κ2) is 7.81. The largest absolute Gasteiger partial charge is 0.376 e. The average molecular weight is 370 g/mol. The molecule has 0 N–H and O–H groups in total. The molecular weight excluding hydrogens is 351 g/mol. The first-order valence-corrected chi connectivity index (χ1v) is 8.66. The fourth-order valence-corrected chi connectivity index (χ4v) is 2.87. The van der Waals surface area contributed by atoms with Crippen molar-refractivity contribution < 1.29 is 18.4 Å². The lowest BCUT2D eigenvalue weighted by molar-refractivity contribution is -0.0837. The van der Waals surface area contributed by atoms with E-state index in [4.69, 9.17) is 14.0 Å². The highest BCUT2D eigenvalue weighted by atomic mass is 19.1. The number of pyridine rings is 1. The molecule has 4 rings (SSSR count). The van der Waals surface area contributed by atoms with Gasteiger partial charge in [-0.25, -0.2) is 9.37 Å². The number of rotatable bonds is 5. The van der Waals surface area contributed by atoms with E-state index in [9.17, 15) is 4.39 Å². The van der Waals surface area contributed by atoms with Crippen LogP contribution in [0.2, 0.25) is 0 Å². The number of ether oxygens (including phenoxy) is 2. The molecule has 0 aliphatic carbocycles. The first kappa shape index (κ1) is 17.6. The summed E-state index contributed by atoms with van der Waals surface area (Å²) in [4.78, 5) is 10.7. The Morgan fingerprint density at radius 1 is 1.19 bits per heavy atom. The molecule has 7 nitrogen and oxygen atoms in total. The van der Waals surface area contributed by atoms with Crippen LogP contribution in [-0.2, 0) is 9.47 Å². The summed E-state index contributed by atoms with van der Waals surface area (Å²) >= 11 is 0. The molecule has 0 bridgehead atoms. The van der Waals surface area contributed by atoms with Gasteiger partial charge in [0, 0.05) is 19.8 Å². The van der Waals surface area contributed by atoms with Gasteiger partial charge in [-0.3, -0.25) is 0 Å². The van der Waals surface area contributed by atoms with Crippen LogP contribution in [0.1, 0.15) is 0 Å². The lowest BCUT2D eigenvalue weighted by Gasteiger charge is -2.28. The third-order valence-electron chi connectivity index (χ3n) is 4.29. The molecule has 8 heteroatoms. The van der Waals surface area contributed by atoms with E-state index in [1.807, 2.05) is 24.1 Å². The second-order valence-electron chi connectivity index (χ2n) is 6.26. The van der Waals surface area contributed by atoms with Crippen LogP contribution in [0.5, 0.6) is 0 Å². The Kier molecular flexibility index (Phi) is 5.08. The maximum atomic E-state index is 13.9. The molecule has 1 aliphatic rings. The molecule has 0 unspecified atom stereocenters. The molecule has 27 heavy (non-hydrogen) atoms. The standard InChI is InChI=1S/C19H19FN4O3/c1-24(11-14-12-25-8-9-26-14)17-7-6-13(10-21-17)19-22-18(23-27-19)15-4-2-3-5-16(15)20/h2-7,10,14H,8-9,11-12H2,1H3/t14-/m1/s1. The predicted molar refractivity (Wildman–Crippen MR) is 96.8 cm³/mol. The molecule has 0 radical (unpaired) electrons. The zero-order chi connectivity index (χ0) is 18.6. The van der Waals surface area contributed by atoms with Crippen molar-refractivity contribution in [2.75, 3.05) is 38.3 Å². The Morgan fingerprint density at radius 3 is 2.81 bits per heavy atom. The number of hydrogen-bond acceptors (Lipinski definition) is 7.